The van der Waals surface area contributed by atoms with E-state index >= 15 is 0 Å². The highest BCUT2D eigenvalue weighted by atomic mass is 16.2. The van der Waals surface area contributed by atoms with Crippen LogP contribution in [0.5, 0.6) is 0 Å². The summed E-state index contributed by atoms with van der Waals surface area (Å²) in [7, 11) is 1.83. The molecule has 2 aromatic heterocycles. The summed E-state index contributed by atoms with van der Waals surface area (Å²) >= 11 is 0. The van der Waals surface area contributed by atoms with Gasteiger partial charge >= 0.3 is 0 Å². The summed E-state index contributed by atoms with van der Waals surface area (Å²) < 4.78 is 1.70. The van der Waals surface area contributed by atoms with Crippen LogP contribution >= 0.6 is 0 Å². The van der Waals surface area contributed by atoms with Gasteiger partial charge in [-0.15, -0.1) is 0 Å². The molecule has 1 amide bonds. The Labute approximate surface area is 183 Å². The quantitative estimate of drug-likeness (QED) is 0.676. The zero-order valence-corrected chi connectivity index (χ0v) is 18.6. The number of rotatable bonds is 4. The van der Waals surface area contributed by atoms with Gasteiger partial charge in [-0.1, -0.05) is 29.3 Å². The molecule has 1 aromatic carbocycles. The Morgan fingerprint density at radius 1 is 1.06 bits per heavy atom. The van der Waals surface area contributed by atoms with Crippen LogP contribution in [0.3, 0.4) is 0 Å². The first-order valence-corrected chi connectivity index (χ1v) is 10.7. The van der Waals surface area contributed by atoms with Crippen molar-refractivity contribution in [3.8, 4) is 11.1 Å². The van der Waals surface area contributed by atoms with Gasteiger partial charge in [0, 0.05) is 43.6 Å². The number of hydrogen-bond donors (Lipinski definition) is 2. The number of carbonyl (C=O) groups excluding carboxylic acids is 1. The van der Waals surface area contributed by atoms with E-state index in [9.17, 15) is 4.79 Å². The van der Waals surface area contributed by atoms with Crippen LogP contribution < -0.4 is 16.0 Å². The molecule has 0 aliphatic carbocycles. The molecule has 1 fully saturated rings. The highest BCUT2D eigenvalue weighted by Crippen LogP contribution is 2.38. The molecule has 7 heteroatoms. The summed E-state index contributed by atoms with van der Waals surface area (Å²) in [6.45, 7) is 7.80. The van der Waals surface area contributed by atoms with Gasteiger partial charge in [-0.3, -0.25) is 14.5 Å². The number of aromatic nitrogens is 3. The molecule has 3 N–H and O–H groups in total. The topological polar surface area (TPSA) is 89.1 Å². The predicted octanol–water partition coefficient (Wildman–Crippen LogP) is 3.59. The SMILES string of the molecule is Cc1cc(C)cc(-c2cncc(NC(=O)c3cc(C)n(C)n3)c2N2CCC(N)CC2)c1. The molecule has 1 aliphatic rings. The largest absolute Gasteiger partial charge is 0.369 e. The first-order valence-electron chi connectivity index (χ1n) is 10.7. The summed E-state index contributed by atoms with van der Waals surface area (Å²) in [5, 5.41) is 7.38. The lowest BCUT2D eigenvalue weighted by Gasteiger charge is -2.34. The summed E-state index contributed by atoms with van der Waals surface area (Å²) in [5.74, 6) is -0.238. The fraction of sp³-hybridized carbons (Fsp3) is 0.375. The van der Waals surface area contributed by atoms with Crippen LogP contribution in [0.2, 0.25) is 0 Å². The third-order valence-corrected chi connectivity index (χ3v) is 5.90. The molecule has 1 saturated heterocycles. The number of nitrogens with one attached hydrogen (secondary N) is 1. The number of aryl methyl sites for hydroxylation is 4. The van der Waals surface area contributed by atoms with E-state index < -0.39 is 0 Å². The summed E-state index contributed by atoms with van der Waals surface area (Å²) in [5.41, 5.74) is 13.7. The van der Waals surface area contributed by atoms with Crippen molar-refractivity contribution in [1.29, 1.82) is 0 Å². The Hall–Kier alpha value is -3.19. The van der Waals surface area contributed by atoms with E-state index in [4.69, 9.17) is 5.73 Å². The first kappa shape index (κ1) is 21.1. The number of nitrogens with zero attached hydrogens (tertiary/aromatic N) is 4. The average molecular weight is 419 g/mol. The Bertz CT molecular complexity index is 1070. The number of benzene rings is 1. The van der Waals surface area contributed by atoms with E-state index in [0.717, 1.165) is 48.4 Å². The highest BCUT2D eigenvalue weighted by molar-refractivity contribution is 6.06. The molecule has 0 saturated carbocycles. The molecule has 0 unspecified atom stereocenters. The smallest absolute Gasteiger partial charge is 0.276 e. The highest BCUT2D eigenvalue weighted by Gasteiger charge is 2.24. The van der Waals surface area contributed by atoms with Crippen molar-refractivity contribution >= 4 is 17.3 Å². The number of hydrogen-bond acceptors (Lipinski definition) is 5. The van der Waals surface area contributed by atoms with E-state index in [1.807, 2.05) is 20.2 Å². The molecular formula is C24H30N6O. The number of carbonyl (C=O) groups is 1. The molecule has 7 nitrogen and oxygen atoms in total. The second kappa shape index (κ2) is 8.51. The van der Waals surface area contributed by atoms with Crippen molar-refractivity contribution in [3.63, 3.8) is 0 Å². The van der Waals surface area contributed by atoms with Gasteiger partial charge in [0.2, 0.25) is 0 Å². The minimum Gasteiger partial charge on any atom is -0.369 e. The third-order valence-electron chi connectivity index (χ3n) is 5.90. The summed E-state index contributed by atoms with van der Waals surface area (Å²) in [6, 6.07) is 8.49. The first-order chi connectivity index (χ1) is 14.8. The molecule has 3 aromatic rings. The minimum atomic E-state index is -0.238. The standard InChI is InChI=1S/C24H30N6O/c1-15-9-16(2)11-18(10-15)20-13-26-14-22(23(20)30-7-5-19(25)6-8-30)27-24(31)21-12-17(3)29(4)28-21/h9-14,19H,5-8,25H2,1-4H3,(H,27,31). The average Bonchev–Trinajstić information content (AvgIpc) is 3.06. The van der Waals surface area contributed by atoms with Crippen LogP contribution in [-0.4, -0.2) is 39.8 Å². The molecule has 162 valence electrons. The molecule has 3 heterocycles. The van der Waals surface area contributed by atoms with Crippen LogP contribution in [0, 0.1) is 20.8 Å². The fourth-order valence-corrected chi connectivity index (χ4v) is 4.21. The molecule has 4 rings (SSSR count). The maximum atomic E-state index is 13.0. The van der Waals surface area contributed by atoms with Gasteiger partial charge in [0.15, 0.2) is 5.69 Å². The van der Waals surface area contributed by atoms with Gasteiger partial charge in [0.25, 0.3) is 5.91 Å². The molecular weight excluding hydrogens is 388 g/mol. The lowest BCUT2D eigenvalue weighted by Crippen LogP contribution is -2.40. The van der Waals surface area contributed by atoms with Crippen LogP contribution in [-0.2, 0) is 7.05 Å². The molecule has 0 bridgehead atoms. The zero-order chi connectivity index (χ0) is 22.1. The van der Waals surface area contributed by atoms with Gasteiger partial charge in [-0.2, -0.15) is 5.10 Å². The number of piperidine rings is 1. The van der Waals surface area contributed by atoms with Gasteiger partial charge in [-0.05, 0) is 45.2 Å². The maximum absolute atomic E-state index is 13.0. The second-order valence-corrected chi connectivity index (χ2v) is 8.53. The van der Waals surface area contributed by atoms with Crippen LogP contribution in [0.15, 0.2) is 36.7 Å². The van der Waals surface area contributed by atoms with Crippen molar-refractivity contribution in [1.82, 2.24) is 14.8 Å². The van der Waals surface area contributed by atoms with E-state index in [0.29, 0.717) is 11.4 Å². The van der Waals surface area contributed by atoms with Gasteiger partial charge in [0.1, 0.15) is 0 Å². The van der Waals surface area contributed by atoms with Crippen molar-refractivity contribution in [2.24, 2.45) is 12.8 Å². The Morgan fingerprint density at radius 2 is 1.74 bits per heavy atom. The lowest BCUT2D eigenvalue weighted by molar-refractivity contribution is 0.102. The van der Waals surface area contributed by atoms with Gasteiger partial charge in [-0.25, -0.2) is 0 Å². The van der Waals surface area contributed by atoms with Crippen molar-refractivity contribution < 1.29 is 4.79 Å². The van der Waals surface area contributed by atoms with Crippen molar-refractivity contribution in [2.75, 3.05) is 23.3 Å². The Balaban J connectivity index is 1.78. The van der Waals surface area contributed by atoms with Crippen molar-refractivity contribution in [2.45, 2.75) is 39.7 Å². The van der Waals surface area contributed by atoms with Crippen LogP contribution in [0.4, 0.5) is 11.4 Å². The van der Waals surface area contributed by atoms with Gasteiger partial charge < -0.3 is 16.0 Å². The van der Waals surface area contributed by atoms with E-state index in [1.165, 1.54) is 11.1 Å². The van der Waals surface area contributed by atoms with E-state index in [-0.39, 0.29) is 11.9 Å². The number of pyridine rings is 1. The number of anilines is 2. The predicted molar refractivity (Wildman–Crippen MR) is 124 cm³/mol. The van der Waals surface area contributed by atoms with Crippen LogP contribution in [0.1, 0.15) is 40.2 Å². The molecule has 1 aliphatic heterocycles. The number of nitrogens with two attached hydrogens (primary N) is 1. The van der Waals surface area contributed by atoms with Crippen molar-refractivity contribution in [3.05, 3.63) is 59.2 Å². The zero-order valence-electron chi connectivity index (χ0n) is 18.6. The molecule has 0 atom stereocenters. The van der Waals surface area contributed by atoms with Gasteiger partial charge in [0.05, 0.1) is 17.6 Å². The Kier molecular flexibility index (Phi) is 5.78. The normalized spacial score (nSPS) is 14.7. The maximum Gasteiger partial charge on any atom is 0.276 e. The molecule has 31 heavy (non-hydrogen) atoms. The summed E-state index contributed by atoms with van der Waals surface area (Å²) in [4.78, 5) is 19.8. The number of amides is 1. The monoisotopic (exact) mass is 418 g/mol. The van der Waals surface area contributed by atoms with E-state index in [2.05, 4.69) is 52.3 Å². The third kappa shape index (κ3) is 4.46. The fourth-order valence-electron chi connectivity index (χ4n) is 4.21. The van der Waals surface area contributed by atoms with E-state index in [1.54, 1.807) is 16.9 Å². The second-order valence-electron chi connectivity index (χ2n) is 8.53. The lowest BCUT2D eigenvalue weighted by atomic mass is 9.98. The minimum absolute atomic E-state index is 0.220. The Morgan fingerprint density at radius 3 is 2.35 bits per heavy atom. The molecule has 0 radical (unpaired) electrons. The molecule has 0 spiro atoms. The van der Waals surface area contributed by atoms with Crippen LogP contribution in [0.25, 0.3) is 11.1 Å². The summed E-state index contributed by atoms with van der Waals surface area (Å²) in [6.07, 6.45) is 5.45.